The molecule has 1 aliphatic rings. The third kappa shape index (κ3) is 1.55. The minimum atomic E-state index is -1.89. The molecular weight excluding hydrogens is 165 g/mol. The van der Waals surface area contributed by atoms with Crippen LogP contribution in [0.2, 0.25) is 0 Å². The van der Waals surface area contributed by atoms with E-state index in [0.29, 0.717) is 6.08 Å². The van der Waals surface area contributed by atoms with Crippen LogP contribution in [-0.2, 0) is 4.79 Å². The molecular formula is C7H6FNO3. The molecule has 0 saturated heterocycles. The second kappa shape index (κ2) is 2.51. The Morgan fingerprint density at radius 3 is 2.67 bits per heavy atom. The Bertz CT molecular complexity index is 304. The predicted octanol–water partition coefficient (Wildman–Crippen LogP) is 1.01. The number of hydrogen-bond donors (Lipinski definition) is 0. The lowest BCUT2D eigenvalue weighted by Gasteiger charge is -2.12. The molecule has 0 fully saturated rings. The molecule has 0 aromatic carbocycles. The molecule has 0 aromatic rings. The van der Waals surface area contributed by atoms with Gasteiger partial charge in [-0.05, 0) is 19.1 Å². The van der Waals surface area contributed by atoms with E-state index in [9.17, 15) is 19.3 Å². The van der Waals surface area contributed by atoms with Crippen LogP contribution >= 0.6 is 0 Å². The summed E-state index contributed by atoms with van der Waals surface area (Å²) in [6.45, 7) is 1.14. The topological polar surface area (TPSA) is 60.2 Å². The lowest BCUT2D eigenvalue weighted by molar-refractivity contribution is -0.419. The number of ketones is 1. The summed E-state index contributed by atoms with van der Waals surface area (Å²) in [5.74, 6) is -0.768. The molecule has 0 aliphatic heterocycles. The van der Waals surface area contributed by atoms with Gasteiger partial charge in [0.2, 0.25) is 0 Å². The summed E-state index contributed by atoms with van der Waals surface area (Å²) in [6.07, 6.45) is 2.57. The molecule has 64 valence electrons. The van der Waals surface area contributed by atoms with E-state index in [1.165, 1.54) is 0 Å². The number of rotatable bonds is 1. The van der Waals surface area contributed by atoms with Crippen molar-refractivity contribution in [1.82, 2.24) is 0 Å². The van der Waals surface area contributed by atoms with Crippen LogP contribution in [0.1, 0.15) is 6.92 Å². The van der Waals surface area contributed by atoms with E-state index in [2.05, 4.69) is 0 Å². The minimum Gasteiger partial charge on any atom is -0.282 e. The standard InChI is InChI=1S/C7H6FNO3/c1-7(8)3-2-6(10)5(4-7)9(11)12/h2-4H,1H3/t7-/m0/s1. The highest BCUT2D eigenvalue weighted by Crippen LogP contribution is 2.21. The monoisotopic (exact) mass is 171 g/mol. The highest BCUT2D eigenvalue weighted by molar-refractivity contribution is 6.03. The van der Waals surface area contributed by atoms with Gasteiger partial charge in [0.05, 0.1) is 4.92 Å². The fourth-order valence-corrected chi connectivity index (χ4v) is 0.853. The Morgan fingerprint density at radius 2 is 2.25 bits per heavy atom. The van der Waals surface area contributed by atoms with Crippen LogP contribution in [0, 0.1) is 10.1 Å². The van der Waals surface area contributed by atoms with E-state index in [0.717, 1.165) is 19.1 Å². The lowest BCUT2D eigenvalue weighted by Crippen LogP contribution is -2.22. The third-order valence-corrected chi connectivity index (χ3v) is 1.43. The van der Waals surface area contributed by atoms with E-state index in [-0.39, 0.29) is 0 Å². The molecule has 1 aliphatic carbocycles. The van der Waals surface area contributed by atoms with Gasteiger partial charge in [-0.2, -0.15) is 0 Å². The SMILES string of the molecule is C[C@]1(F)C=CC(=O)C([N+](=O)[O-])=C1. The molecule has 0 N–H and O–H groups in total. The number of alkyl halides is 1. The molecule has 0 heterocycles. The van der Waals surface area contributed by atoms with Crippen molar-refractivity contribution >= 4 is 5.78 Å². The van der Waals surface area contributed by atoms with E-state index >= 15 is 0 Å². The fraction of sp³-hybridized carbons (Fsp3) is 0.286. The molecule has 0 bridgehead atoms. The highest BCUT2D eigenvalue weighted by Gasteiger charge is 2.31. The van der Waals surface area contributed by atoms with Crippen molar-refractivity contribution in [2.75, 3.05) is 0 Å². The van der Waals surface area contributed by atoms with E-state index in [4.69, 9.17) is 0 Å². The van der Waals surface area contributed by atoms with E-state index < -0.39 is 22.1 Å². The van der Waals surface area contributed by atoms with Gasteiger partial charge in [-0.25, -0.2) is 4.39 Å². The molecule has 0 amide bonds. The first-order valence-corrected chi connectivity index (χ1v) is 3.22. The number of halogens is 1. The Hall–Kier alpha value is -1.52. The summed E-state index contributed by atoms with van der Waals surface area (Å²) in [7, 11) is 0. The number of carbonyl (C=O) groups is 1. The smallest absolute Gasteiger partial charge is 0.282 e. The molecule has 12 heavy (non-hydrogen) atoms. The molecule has 0 unspecified atom stereocenters. The summed E-state index contributed by atoms with van der Waals surface area (Å²) < 4.78 is 13.0. The molecule has 1 atom stereocenters. The number of nitrogens with zero attached hydrogens (tertiary/aromatic N) is 1. The maximum atomic E-state index is 13.0. The van der Waals surface area contributed by atoms with E-state index in [1.807, 2.05) is 0 Å². The first kappa shape index (κ1) is 8.58. The van der Waals surface area contributed by atoms with Crippen molar-refractivity contribution in [2.24, 2.45) is 0 Å². The predicted molar refractivity (Wildman–Crippen MR) is 38.7 cm³/mol. The van der Waals surface area contributed by atoms with Gasteiger partial charge in [0.15, 0.2) is 5.67 Å². The maximum absolute atomic E-state index is 13.0. The summed E-state index contributed by atoms with van der Waals surface area (Å²) in [4.78, 5) is 20.0. The van der Waals surface area contributed by atoms with Crippen LogP contribution in [0.3, 0.4) is 0 Å². The Balaban J connectivity index is 3.07. The largest absolute Gasteiger partial charge is 0.315 e. The molecule has 0 spiro atoms. The van der Waals surface area contributed by atoms with Gasteiger partial charge in [0, 0.05) is 6.08 Å². The van der Waals surface area contributed by atoms with Gasteiger partial charge in [0.1, 0.15) is 0 Å². The van der Waals surface area contributed by atoms with Crippen LogP contribution in [0.5, 0.6) is 0 Å². The zero-order valence-corrected chi connectivity index (χ0v) is 6.28. The Kier molecular flexibility index (Phi) is 1.79. The zero-order valence-electron chi connectivity index (χ0n) is 6.28. The molecule has 1 rings (SSSR count). The lowest BCUT2D eigenvalue weighted by atomic mass is 10.00. The van der Waals surface area contributed by atoms with Crippen molar-refractivity contribution in [3.8, 4) is 0 Å². The molecule has 5 heteroatoms. The second-order valence-electron chi connectivity index (χ2n) is 2.64. The van der Waals surface area contributed by atoms with Gasteiger partial charge in [0.25, 0.3) is 5.78 Å². The summed E-state index contributed by atoms with van der Waals surface area (Å²) >= 11 is 0. The fourth-order valence-electron chi connectivity index (χ4n) is 0.853. The van der Waals surface area contributed by atoms with Crippen LogP contribution in [0.25, 0.3) is 0 Å². The van der Waals surface area contributed by atoms with Crippen molar-refractivity contribution in [3.63, 3.8) is 0 Å². The first-order valence-electron chi connectivity index (χ1n) is 3.22. The van der Waals surface area contributed by atoms with Gasteiger partial charge in [-0.3, -0.25) is 14.9 Å². The van der Waals surface area contributed by atoms with Crippen LogP contribution < -0.4 is 0 Å². The number of allylic oxidation sites excluding steroid dienone is 3. The minimum absolute atomic E-state index is 0.704. The molecule has 0 radical (unpaired) electrons. The average Bonchev–Trinajstić information content (AvgIpc) is 1.94. The second-order valence-corrected chi connectivity index (χ2v) is 2.64. The zero-order chi connectivity index (χ0) is 9.35. The Morgan fingerprint density at radius 1 is 1.67 bits per heavy atom. The van der Waals surface area contributed by atoms with E-state index in [1.54, 1.807) is 0 Å². The van der Waals surface area contributed by atoms with Crippen LogP contribution in [0.4, 0.5) is 4.39 Å². The normalized spacial score (nSPS) is 28.5. The highest BCUT2D eigenvalue weighted by atomic mass is 19.1. The third-order valence-electron chi connectivity index (χ3n) is 1.43. The average molecular weight is 171 g/mol. The quantitative estimate of drug-likeness (QED) is 0.437. The maximum Gasteiger partial charge on any atom is 0.315 e. The molecule has 4 nitrogen and oxygen atoms in total. The number of nitro groups is 1. The van der Waals surface area contributed by atoms with Crippen LogP contribution in [0.15, 0.2) is 23.9 Å². The van der Waals surface area contributed by atoms with Gasteiger partial charge in [-0.1, -0.05) is 0 Å². The summed E-state index contributed by atoms with van der Waals surface area (Å²) in [5, 5.41) is 10.2. The molecule has 0 saturated carbocycles. The van der Waals surface area contributed by atoms with Gasteiger partial charge >= 0.3 is 5.70 Å². The summed E-state index contributed by atoms with van der Waals surface area (Å²) in [5.41, 5.74) is -2.60. The van der Waals surface area contributed by atoms with Crippen LogP contribution in [-0.4, -0.2) is 16.4 Å². The number of hydrogen-bond acceptors (Lipinski definition) is 3. The Labute approximate surface area is 67.5 Å². The number of carbonyl (C=O) groups excluding carboxylic acids is 1. The van der Waals surface area contributed by atoms with Crippen molar-refractivity contribution in [3.05, 3.63) is 34.0 Å². The summed E-state index contributed by atoms with van der Waals surface area (Å²) in [6, 6.07) is 0. The van der Waals surface area contributed by atoms with Crippen molar-refractivity contribution in [1.29, 1.82) is 0 Å². The first-order chi connectivity index (χ1) is 5.42. The van der Waals surface area contributed by atoms with Gasteiger partial charge < -0.3 is 0 Å². The van der Waals surface area contributed by atoms with Crippen molar-refractivity contribution < 1.29 is 14.1 Å². The molecule has 0 aromatic heterocycles. The van der Waals surface area contributed by atoms with Gasteiger partial charge in [-0.15, -0.1) is 0 Å². The van der Waals surface area contributed by atoms with Crippen molar-refractivity contribution in [2.45, 2.75) is 12.6 Å².